The molecule has 1 saturated carbocycles. The van der Waals surface area contributed by atoms with E-state index in [-0.39, 0.29) is 5.54 Å². The van der Waals surface area contributed by atoms with Crippen LogP contribution in [0.5, 0.6) is 0 Å². The monoisotopic (exact) mass is 305 g/mol. The van der Waals surface area contributed by atoms with Gasteiger partial charge in [0.05, 0.1) is 5.54 Å². The Hall–Kier alpha value is -1.20. The van der Waals surface area contributed by atoms with Crippen molar-refractivity contribution in [3.05, 3.63) is 34.1 Å². The number of aromatic nitrogens is 2. The number of hydrogen-bond donors (Lipinski definition) is 1. The van der Waals surface area contributed by atoms with Gasteiger partial charge in [0.25, 0.3) is 0 Å². The second-order valence-corrected chi connectivity index (χ2v) is 7.32. The van der Waals surface area contributed by atoms with Crippen LogP contribution in [0.25, 0.3) is 0 Å². The Kier molecular flexibility index (Phi) is 4.40. The second-order valence-electron chi connectivity index (χ2n) is 6.28. The van der Waals surface area contributed by atoms with Crippen LogP contribution in [0.1, 0.15) is 55.6 Å². The Morgan fingerprint density at radius 2 is 2.19 bits per heavy atom. The predicted octanol–water partition coefficient (Wildman–Crippen LogP) is 3.67. The fourth-order valence-electron chi connectivity index (χ4n) is 2.93. The van der Waals surface area contributed by atoms with Crippen LogP contribution >= 0.6 is 11.3 Å². The molecule has 2 heterocycles. The molecule has 2 aromatic rings. The molecule has 0 unspecified atom stereocenters. The van der Waals surface area contributed by atoms with E-state index < -0.39 is 0 Å². The number of aryl methyl sites for hydroxylation is 2. The molecule has 1 fully saturated rings. The van der Waals surface area contributed by atoms with Crippen molar-refractivity contribution in [1.29, 1.82) is 0 Å². The van der Waals surface area contributed by atoms with Crippen molar-refractivity contribution >= 4 is 11.3 Å². The zero-order chi connectivity index (χ0) is 14.7. The van der Waals surface area contributed by atoms with E-state index in [1.54, 1.807) is 11.3 Å². The van der Waals surface area contributed by atoms with E-state index in [1.807, 2.05) is 0 Å². The van der Waals surface area contributed by atoms with Gasteiger partial charge in [0.1, 0.15) is 0 Å². The zero-order valence-corrected chi connectivity index (χ0v) is 13.4. The number of nitrogens with zero attached hydrogens (tertiary/aromatic N) is 2. The summed E-state index contributed by atoms with van der Waals surface area (Å²) in [5.41, 5.74) is 6.11. The number of rotatable bonds is 5. The molecule has 2 N–H and O–H groups in total. The van der Waals surface area contributed by atoms with E-state index in [0.717, 1.165) is 56.8 Å². The van der Waals surface area contributed by atoms with Crippen molar-refractivity contribution in [2.75, 3.05) is 0 Å². The van der Waals surface area contributed by atoms with Gasteiger partial charge in [-0.3, -0.25) is 0 Å². The Morgan fingerprint density at radius 3 is 2.90 bits per heavy atom. The van der Waals surface area contributed by atoms with Crippen LogP contribution in [0, 0.1) is 5.92 Å². The molecule has 0 aliphatic heterocycles. The van der Waals surface area contributed by atoms with Crippen molar-refractivity contribution in [3.8, 4) is 0 Å². The molecule has 0 amide bonds. The van der Waals surface area contributed by atoms with Crippen LogP contribution in [0.4, 0.5) is 0 Å². The van der Waals surface area contributed by atoms with Gasteiger partial charge in [0.2, 0.25) is 5.89 Å². The molecule has 0 atom stereocenters. The van der Waals surface area contributed by atoms with Gasteiger partial charge in [0, 0.05) is 11.3 Å². The van der Waals surface area contributed by atoms with Crippen molar-refractivity contribution in [2.45, 2.75) is 57.4 Å². The van der Waals surface area contributed by atoms with E-state index in [2.05, 4.69) is 34.6 Å². The maximum Gasteiger partial charge on any atom is 0.226 e. The van der Waals surface area contributed by atoms with Gasteiger partial charge in [0.15, 0.2) is 5.82 Å². The van der Waals surface area contributed by atoms with Crippen molar-refractivity contribution < 1.29 is 4.52 Å². The third-order valence-corrected chi connectivity index (χ3v) is 5.41. The maximum atomic E-state index is 6.48. The predicted molar refractivity (Wildman–Crippen MR) is 84.1 cm³/mol. The molecule has 1 aliphatic rings. The van der Waals surface area contributed by atoms with E-state index in [4.69, 9.17) is 10.3 Å². The van der Waals surface area contributed by atoms with Gasteiger partial charge in [-0.15, -0.1) is 11.3 Å². The third-order valence-electron chi connectivity index (χ3n) is 4.47. The standard InChI is InChI=1S/C16H23N3OS/c1-12-7-9-16(17,10-8-12)15-18-14(20-19-15)6-2-4-13-5-3-11-21-13/h3,5,11-12H,2,4,6-10,17H2,1H3. The highest BCUT2D eigenvalue weighted by Gasteiger charge is 2.36. The SMILES string of the molecule is CC1CCC(N)(c2noc(CCCc3cccs3)n2)CC1. The van der Waals surface area contributed by atoms with Gasteiger partial charge < -0.3 is 10.3 Å². The lowest BCUT2D eigenvalue weighted by Crippen LogP contribution is -2.41. The molecule has 0 radical (unpaired) electrons. The number of hydrogen-bond acceptors (Lipinski definition) is 5. The summed E-state index contributed by atoms with van der Waals surface area (Å²) in [6.07, 6.45) is 7.16. The zero-order valence-electron chi connectivity index (χ0n) is 12.5. The van der Waals surface area contributed by atoms with E-state index >= 15 is 0 Å². The summed E-state index contributed by atoms with van der Waals surface area (Å²) in [6, 6.07) is 4.26. The fraction of sp³-hybridized carbons (Fsp3) is 0.625. The summed E-state index contributed by atoms with van der Waals surface area (Å²) in [7, 11) is 0. The lowest BCUT2D eigenvalue weighted by molar-refractivity contribution is 0.230. The quantitative estimate of drug-likeness (QED) is 0.915. The topological polar surface area (TPSA) is 64.9 Å². The minimum absolute atomic E-state index is 0.373. The van der Waals surface area contributed by atoms with Gasteiger partial charge in [-0.2, -0.15) is 4.98 Å². The average Bonchev–Trinajstić information content (AvgIpc) is 3.14. The van der Waals surface area contributed by atoms with Crippen LogP contribution in [0.3, 0.4) is 0 Å². The summed E-state index contributed by atoms with van der Waals surface area (Å²) in [6.45, 7) is 2.28. The lowest BCUT2D eigenvalue weighted by atomic mass is 9.77. The summed E-state index contributed by atoms with van der Waals surface area (Å²) in [5, 5.41) is 6.26. The van der Waals surface area contributed by atoms with E-state index in [0.29, 0.717) is 5.82 Å². The fourth-order valence-corrected chi connectivity index (χ4v) is 3.68. The van der Waals surface area contributed by atoms with E-state index in [1.165, 1.54) is 4.88 Å². The number of nitrogens with two attached hydrogens (primary N) is 1. The molecule has 2 aromatic heterocycles. The van der Waals surface area contributed by atoms with Gasteiger partial charge in [-0.05, 0) is 55.9 Å². The van der Waals surface area contributed by atoms with Crippen LogP contribution in [0.15, 0.2) is 22.0 Å². The van der Waals surface area contributed by atoms with Crippen LogP contribution in [-0.2, 0) is 18.4 Å². The molecule has 1 aliphatic carbocycles. The minimum Gasteiger partial charge on any atom is -0.339 e. The Balaban J connectivity index is 1.56. The molecule has 5 heteroatoms. The van der Waals surface area contributed by atoms with Crippen LogP contribution < -0.4 is 5.73 Å². The first-order valence-electron chi connectivity index (χ1n) is 7.80. The highest BCUT2D eigenvalue weighted by Crippen LogP contribution is 2.35. The molecule has 21 heavy (non-hydrogen) atoms. The molecule has 114 valence electrons. The normalized spacial score (nSPS) is 26.1. The molecular formula is C16H23N3OS. The van der Waals surface area contributed by atoms with Crippen LogP contribution in [-0.4, -0.2) is 10.1 Å². The summed E-state index contributed by atoms with van der Waals surface area (Å²) >= 11 is 1.80. The second kappa shape index (κ2) is 6.28. The van der Waals surface area contributed by atoms with E-state index in [9.17, 15) is 0 Å². The Bertz CT molecular complexity index is 556. The van der Waals surface area contributed by atoms with Gasteiger partial charge in [-0.25, -0.2) is 0 Å². The maximum absolute atomic E-state index is 6.48. The smallest absolute Gasteiger partial charge is 0.226 e. The largest absolute Gasteiger partial charge is 0.339 e. The third kappa shape index (κ3) is 3.52. The highest BCUT2D eigenvalue weighted by atomic mass is 32.1. The molecule has 0 saturated heterocycles. The first kappa shape index (κ1) is 14.7. The summed E-state index contributed by atoms with van der Waals surface area (Å²) in [5.74, 6) is 2.20. The average molecular weight is 305 g/mol. The first-order chi connectivity index (χ1) is 10.2. The van der Waals surface area contributed by atoms with Gasteiger partial charge in [-0.1, -0.05) is 18.1 Å². The summed E-state index contributed by atoms with van der Waals surface area (Å²) < 4.78 is 5.39. The Morgan fingerprint density at radius 1 is 1.38 bits per heavy atom. The van der Waals surface area contributed by atoms with Crippen molar-refractivity contribution in [2.24, 2.45) is 11.7 Å². The van der Waals surface area contributed by atoms with Crippen LogP contribution in [0.2, 0.25) is 0 Å². The molecular weight excluding hydrogens is 282 g/mol. The Labute approximate surface area is 129 Å². The lowest BCUT2D eigenvalue weighted by Gasteiger charge is -2.33. The van der Waals surface area contributed by atoms with Crippen molar-refractivity contribution in [3.63, 3.8) is 0 Å². The molecule has 4 nitrogen and oxygen atoms in total. The molecule has 0 spiro atoms. The highest BCUT2D eigenvalue weighted by molar-refractivity contribution is 7.09. The molecule has 0 aromatic carbocycles. The summed E-state index contributed by atoms with van der Waals surface area (Å²) in [4.78, 5) is 5.96. The molecule has 3 rings (SSSR count). The first-order valence-corrected chi connectivity index (χ1v) is 8.68. The van der Waals surface area contributed by atoms with Crippen molar-refractivity contribution in [1.82, 2.24) is 10.1 Å². The number of thiophene rings is 1. The molecule has 0 bridgehead atoms. The van der Waals surface area contributed by atoms with Gasteiger partial charge >= 0.3 is 0 Å². The minimum atomic E-state index is -0.373.